The third-order valence-electron chi connectivity index (χ3n) is 6.93. The average molecular weight is 435 g/mol. The monoisotopic (exact) mass is 434 g/mol. The van der Waals surface area contributed by atoms with Gasteiger partial charge in [0, 0.05) is 10.8 Å². The Hall–Kier alpha value is -3.56. The van der Waals surface area contributed by atoms with Crippen molar-refractivity contribution in [2.45, 2.75) is 25.0 Å². The van der Waals surface area contributed by atoms with Gasteiger partial charge in [0.05, 0.1) is 14.2 Å². The SMILES string of the molecule is C1=CC2OC2C2=C1c1ccc3ccccc3c1CC2.COc1ccc(OC)c2ccccc12. The third-order valence-corrected chi connectivity index (χ3v) is 6.93. The molecule has 0 N–H and O–H groups in total. The Morgan fingerprint density at radius 3 is 2.09 bits per heavy atom. The van der Waals surface area contributed by atoms with Crippen LogP contribution in [0.4, 0.5) is 0 Å². The Morgan fingerprint density at radius 1 is 0.727 bits per heavy atom. The van der Waals surface area contributed by atoms with E-state index in [-0.39, 0.29) is 0 Å². The van der Waals surface area contributed by atoms with Crippen LogP contribution in [0, 0.1) is 0 Å². The second-order valence-corrected chi connectivity index (χ2v) is 8.65. The lowest BCUT2D eigenvalue weighted by molar-refractivity contribution is 0.405. The molecule has 0 saturated carbocycles. The van der Waals surface area contributed by atoms with Gasteiger partial charge in [0.15, 0.2) is 0 Å². The van der Waals surface area contributed by atoms with Gasteiger partial charge in [-0.05, 0) is 58.0 Å². The molecule has 0 aromatic heterocycles. The van der Waals surface area contributed by atoms with Crippen molar-refractivity contribution >= 4 is 27.1 Å². The van der Waals surface area contributed by atoms with Crippen LogP contribution < -0.4 is 9.47 Å². The van der Waals surface area contributed by atoms with Gasteiger partial charge in [-0.15, -0.1) is 0 Å². The van der Waals surface area contributed by atoms with Crippen molar-refractivity contribution in [3.8, 4) is 11.5 Å². The molecule has 3 nitrogen and oxygen atoms in total. The maximum absolute atomic E-state index is 5.71. The van der Waals surface area contributed by atoms with Crippen LogP contribution in [0.25, 0.3) is 27.1 Å². The number of aryl methyl sites for hydroxylation is 1. The van der Waals surface area contributed by atoms with Crippen LogP contribution in [0.15, 0.2) is 90.5 Å². The minimum Gasteiger partial charge on any atom is -0.496 e. The topological polar surface area (TPSA) is 31.0 Å². The summed E-state index contributed by atoms with van der Waals surface area (Å²) in [5.41, 5.74) is 5.88. The van der Waals surface area contributed by atoms with E-state index in [1.54, 1.807) is 14.2 Å². The fourth-order valence-corrected chi connectivity index (χ4v) is 5.26. The van der Waals surface area contributed by atoms with E-state index in [1.165, 1.54) is 33.0 Å². The van der Waals surface area contributed by atoms with E-state index >= 15 is 0 Å². The van der Waals surface area contributed by atoms with E-state index in [0.717, 1.165) is 35.1 Å². The molecule has 1 heterocycles. The van der Waals surface area contributed by atoms with E-state index in [0.29, 0.717) is 12.2 Å². The van der Waals surface area contributed by atoms with Gasteiger partial charge in [-0.1, -0.05) is 72.8 Å². The molecule has 7 rings (SSSR count). The van der Waals surface area contributed by atoms with Crippen molar-refractivity contribution in [3.63, 3.8) is 0 Å². The lowest BCUT2D eigenvalue weighted by Gasteiger charge is -2.24. The minimum absolute atomic E-state index is 0.376. The quantitative estimate of drug-likeness (QED) is 0.328. The van der Waals surface area contributed by atoms with Gasteiger partial charge < -0.3 is 14.2 Å². The molecule has 2 atom stereocenters. The highest BCUT2D eigenvalue weighted by molar-refractivity contribution is 5.94. The zero-order valence-electron chi connectivity index (χ0n) is 18.9. The van der Waals surface area contributed by atoms with Crippen LogP contribution in [0.2, 0.25) is 0 Å². The number of epoxide rings is 1. The standard InChI is InChI=1S/C18H14O.C12H12O2/c1-2-4-12-11(3-1)5-6-14-13(12)7-8-16-15(14)9-10-17-18(16)19-17;1-13-11-7-8-12(14-2)10-6-4-3-5-9(10)11/h1-6,9-10,17-18H,7-8H2;3-8H,1-2H3. The van der Waals surface area contributed by atoms with Gasteiger partial charge in [-0.3, -0.25) is 0 Å². The van der Waals surface area contributed by atoms with E-state index in [2.05, 4.69) is 48.6 Å². The summed E-state index contributed by atoms with van der Waals surface area (Å²) in [4.78, 5) is 0. The number of methoxy groups -OCH3 is 2. The molecular formula is C30H26O3. The van der Waals surface area contributed by atoms with Gasteiger partial charge in [0.1, 0.15) is 23.7 Å². The van der Waals surface area contributed by atoms with Gasteiger partial charge >= 0.3 is 0 Å². The van der Waals surface area contributed by atoms with Crippen molar-refractivity contribution < 1.29 is 14.2 Å². The summed E-state index contributed by atoms with van der Waals surface area (Å²) in [6, 6.07) is 25.1. The second kappa shape index (κ2) is 8.09. The van der Waals surface area contributed by atoms with Crippen LogP contribution in [0.5, 0.6) is 11.5 Å². The first-order chi connectivity index (χ1) is 16.3. The highest BCUT2D eigenvalue weighted by atomic mass is 16.6. The Balaban J connectivity index is 0.000000132. The summed E-state index contributed by atoms with van der Waals surface area (Å²) in [6.45, 7) is 0. The van der Waals surface area contributed by atoms with E-state index < -0.39 is 0 Å². The number of benzene rings is 4. The first-order valence-electron chi connectivity index (χ1n) is 11.5. The number of allylic oxidation sites excluding steroid dienone is 2. The number of hydrogen-bond donors (Lipinski definition) is 0. The Morgan fingerprint density at radius 2 is 1.39 bits per heavy atom. The van der Waals surface area contributed by atoms with Crippen LogP contribution in [0.1, 0.15) is 17.5 Å². The Bertz CT molecular complexity index is 1390. The lowest BCUT2D eigenvalue weighted by atomic mass is 9.79. The van der Waals surface area contributed by atoms with Crippen LogP contribution in [-0.4, -0.2) is 26.4 Å². The molecule has 2 unspecified atom stereocenters. The predicted octanol–water partition coefficient (Wildman–Crippen LogP) is 6.73. The molecule has 4 aromatic carbocycles. The fourth-order valence-electron chi connectivity index (χ4n) is 5.26. The normalized spacial score (nSPS) is 19.8. The largest absolute Gasteiger partial charge is 0.496 e. The van der Waals surface area contributed by atoms with Gasteiger partial charge in [-0.2, -0.15) is 0 Å². The first kappa shape index (κ1) is 20.1. The Kier molecular flexibility index (Phi) is 4.92. The zero-order valence-corrected chi connectivity index (χ0v) is 18.9. The smallest absolute Gasteiger partial charge is 0.126 e. The number of fused-ring (bicyclic) bond motifs is 7. The summed E-state index contributed by atoms with van der Waals surface area (Å²) in [6.07, 6.45) is 7.56. The predicted molar refractivity (Wildman–Crippen MR) is 134 cm³/mol. The van der Waals surface area contributed by atoms with Crippen LogP contribution in [-0.2, 0) is 11.2 Å². The fraction of sp³-hybridized carbons (Fsp3) is 0.200. The molecule has 1 saturated heterocycles. The molecule has 0 amide bonds. The Labute approximate surface area is 193 Å². The van der Waals surface area contributed by atoms with Crippen LogP contribution in [0.3, 0.4) is 0 Å². The number of hydrogen-bond acceptors (Lipinski definition) is 3. The molecule has 1 aliphatic heterocycles. The summed E-state index contributed by atoms with van der Waals surface area (Å²) in [5, 5.41) is 4.92. The second-order valence-electron chi connectivity index (χ2n) is 8.65. The lowest BCUT2D eigenvalue weighted by Crippen LogP contribution is -2.12. The molecule has 4 aromatic rings. The maximum atomic E-state index is 5.71. The molecule has 0 spiro atoms. The summed E-state index contributed by atoms with van der Waals surface area (Å²) in [7, 11) is 3.35. The number of rotatable bonds is 2. The summed E-state index contributed by atoms with van der Waals surface area (Å²) in [5.74, 6) is 1.75. The molecule has 1 fully saturated rings. The molecule has 164 valence electrons. The average Bonchev–Trinajstić information content (AvgIpc) is 3.68. The third kappa shape index (κ3) is 3.40. The van der Waals surface area contributed by atoms with Gasteiger partial charge in [-0.25, -0.2) is 0 Å². The molecule has 2 aliphatic carbocycles. The van der Waals surface area contributed by atoms with Crippen LogP contribution >= 0.6 is 0 Å². The van der Waals surface area contributed by atoms with Crippen molar-refractivity contribution in [3.05, 3.63) is 102 Å². The van der Waals surface area contributed by atoms with Crippen molar-refractivity contribution in [1.29, 1.82) is 0 Å². The van der Waals surface area contributed by atoms with Crippen molar-refractivity contribution in [2.24, 2.45) is 0 Å². The van der Waals surface area contributed by atoms with Crippen molar-refractivity contribution in [2.75, 3.05) is 14.2 Å². The number of ether oxygens (including phenoxy) is 3. The molecule has 3 aliphatic rings. The van der Waals surface area contributed by atoms with E-state index in [9.17, 15) is 0 Å². The zero-order chi connectivity index (χ0) is 22.4. The van der Waals surface area contributed by atoms with Gasteiger partial charge in [0.2, 0.25) is 0 Å². The highest BCUT2D eigenvalue weighted by Gasteiger charge is 2.44. The molecule has 0 bridgehead atoms. The minimum atomic E-state index is 0.376. The maximum Gasteiger partial charge on any atom is 0.126 e. The summed E-state index contributed by atoms with van der Waals surface area (Å²) >= 11 is 0. The molecule has 33 heavy (non-hydrogen) atoms. The first-order valence-corrected chi connectivity index (χ1v) is 11.5. The highest BCUT2D eigenvalue weighted by Crippen LogP contribution is 2.46. The molecule has 0 radical (unpaired) electrons. The van der Waals surface area contributed by atoms with Crippen molar-refractivity contribution in [1.82, 2.24) is 0 Å². The molecule has 3 heteroatoms. The van der Waals surface area contributed by atoms with E-state index in [1.807, 2.05) is 36.4 Å². The summed E-state index contributed by atoms with van der Waals surface area (Å²) < 4.78 is 16.2. The van der Waals surface area contributed by atoms with E-state index in [4.69, 9.17) is 14.2 Å². The molecular weight excluding hydrogens is 408 g/mol. The van der Waals surface area contributed by atoms with Gasteiger partial charge in [0.25, 0.3) is 0 Å².